The number of ether oxygens (including phenoxy) is 1. The lowest BCUT2D eigenvalue weighted by Crippen LogP contribution is -2.36. The summed E-state index contributed by atoms with van der Waals surface area (Å²) >= 11 is 0. The summed E-state index contributed by atoms with van der Waals surface area (Å²) in [5.41, 5.74) is -0.771. The standard InChI is InChI=1S/C14H17F3N2O3.ClH/c15-14(16,17)10-1-3-11(4-2-10)22-8-13(21)19-6-9-5-18-7-12(9)20;/h1-4,9,12,18,20H,5-8H2,(H,19,21);1H. The van der Waals surface area contributed by atoms with Crippen molar-refractivity contribution in [2.75, 3.05) is 26.2 Å². The number of halogens is 4. The second-order valence-electron chi connectivity index (χ2n) is 5.10. The molecular formula is C14H18ClF3N2O3. The normalized spacial score (nSPS) is 20.7. The first-order chi connectivity index (χ1) is 10.4. The first-order valence-corrected chi connectivity index (χ1v) is 6.82. The fraction of sp³-hybridized carbons (Fsp3) is 0.500. The van der Waals surface area contributed by atoms with E-state index < -0.39 is 17.8 Å². The van der Waals surface area contributed by atoms with Crippen molar-refractivity contribution in [3.05, 3.63) is 29.8 Å². The number of carbonyl (C=O) groups excluding carboxylic acids is 1. The molecule has 2 rings (SSSR count). The van der Waals surface area contributed by atoms with Crippen LogP contribution in [0.5, 0.6) is 5.75 Å². The van der Waals surface area contributed by atoms with Crippen LogP contribution in [0.1, 0.15) is 5.56 Å². The lowest BCUT2D eigenvalue weighted by atomic mass is 10.1. The molecule has 1 heterocycles. The summed E-state index contributed by atoms with van der Waals surface area (Å²) in [6.07, 6.45) is -4.89. The third-order valence-electron chi connectivity index (χ3n) is 3.42. The highest BCUT2D eigenvalue weighted by Crippen LogP contribution is 2.30. The molecule has 9 heteroatoms. The number of alkyl halides is 3. The highest BCUT2D eigenvalue weighted by molar-refractivity contribution is 5.85. The van der Waals surface area contributed by atoms with Gasteiger partial charge in [-0.15, -0.1) is 12.4 Å². The second-order valence-corrected chi connectivity index (χ2v) is 5.10. The molecular weight excluding hydrogens is 337 g/mol. The summed E-state index contributed by atoms with van der Waals surface area (Å²) in [6.45, 7) is 1.16. The zero-order chi connectivity index (χ0) is 16.2. The molecule has 23 heavy (non-hydrogen) atoms. The van der Waals surface area contributed by atoms with E-state index in [9.17, 15) is 23.1 Å². The van der Waals surface area contributed by atoms with E-state index >= 15 is 0 Å². The predicted molar refractivity (Wildman–Crippen MR) is 79.6 cm³/mol. The quantitative estimate of drug-likeness (QED) is 0.743. The highest BCUT2D eigenvalue weighted by atomic mass is 35.5. The lowest BCUT2D eigenvalue weighted by molar-refractivity contribution is -0.137. The Morgan fingerprint density at radius 2 is 1.96 bits per heavy atom. The van der Waals surface area contributed by atoms with Gasteiger partial charge in [0, 0.05) is 25.6 Å². The van der Waals surface area contributed by atoms with Gasteiger partial charge in [-0.1, -0.05) is 0 Å². The zero-order valence-corrected chi connectivity index (χ0v) is 12.9. The molecule has 0 spiro atoms. The van der Waals surface area contributed by atoms with Crippen LogP contribution in [0.15, 0.2) is 24.3 Å². The number of aliphatic hydroxyl groups is 1. The van der Waals surface area contributed by atoms with E-state index in [1.54, 1.807) is 0 Å². The Morgan fingerprint density at radius 3 is 2.48 bits per heavy atom. The van der Waals surface area contributed by atoms with Crippen LogP contribution in [-0.4, -0.2) is 43.4 Å². The molecule has 1 amide bonds. The Hall–Kier alpha value is -1.51. The van der Waals surface area contributed by atoms with Crippen LogP contribution in [0.2, 0.25) is 0 Å². The molecule has 130 valence electrons. The van der Waals surface area contributed by atoms with E-state index in [1.165, 1.54) is 12.1 Å². The highest BCUT2D eigenvalue weighted by Gasteiger charge is 2.30. The third-order valence-corrected chi connectivity index (χ3v) is 3.42. The van der Waals surface area contributed by atoms with Gasteiger partial charge in [0.05, 0.1) is 11.7 Å². The fourth-order valence-corrected chi connectivity index (χ4v) is 2.11. The summed E-state index contributed by atoms with van der Waals surface area (Å²) in [7, 11) is 0. The predicted octanol–water partition coefficient (Wildman–Crippen LogP) is 1.20. The van der Waals surface area contributed by atoms with E-state index in [4.69, 9.17) is 4.74 Å². The van der Waals surface area contributed by atoms with Crippen molar-refractivity contribution in [1.29, 1.82) is 0 Å². The van der Waals surface area contributed by atoms with Crippen molar-refractivity contribution in [2.45, 2.75) is 12.3 Å². The van der Waals surface area contributed by atoms with E-state index in [0.29, 0.717) is 19.6 Å². The molecule has 0 aromatic heterocycles. The summed E-state index contributed by atoms with van der Waals surface area (Å²) in [4.78, 5) is 11.6. The van der Waals surface area contributed by atoms with Gasteiger partial charge in [0.25, 0.3) is 5.91 Å². The van der Waals surface area contributed by atoms with Crippen LogP contribution in [-0.2, 0) is 11.0 Å². The van der Waals surface area contributed by atoms with Crippen LogP contribution in [0.25, 0.3) is 0 Å². The van der Waals surface area contributed by atoms with Gasteiger partial charge in [0.2, 0.25) is 0 Å². The Morgan fingerprint density at radius 1 is 1.30 bits per heavy atom. The van der Waals surface area contributed by atoms with E-state index in [0.717, 1.165) is 12.1 Å². The van der Waals surface area contributed by atoms with E-state index in [2.05, 4.69) is 10.6 Å². The Labute approximate surface area is 137 Å². The van der Waals surface area contributed by atoms with Crippen molar-refractivity contribution < 1.29 is 27.8 Å². The fourth-order valence-electron chi connectivity index (χ4n) is 2.11. The monoisotopic (exact) mass is 354 g/mol. The van der Waals surface area contributed by atoms with Crippen LogP contribution in [0.4, 0.5) is 13.2 Å². The number of amides is 1. The third kappa shape index (κ3) is 5.89. The van der Waals surface area contributed by atoms with Gasteiger partial charge in [-0.25, -0.2) is 0 Å². The SMILES string of the molecule is Cl.O=C(COc1ccc(C(F)(F)F)cc1)NCC1CNCC1O. The molecule has 0 radical (unpaired) electrons. The maximum atomic E-state index is 12.4. The summed E-state index contributed by atoms with van der Waals surface area (Å²) in [5, 5.41) is 15.2. The molecule has 1 aromatic rings. The maximum absolute atomic E-state index is 12.4. The van der Waals surface area contributed by atoms with Gasteiger partial charge in [-0.05, 0) is 24.3 Å². The number of rotatable bonds is 5. The molecule has 1 aliphatic rings. The van der Waals surface area contributed by atoms with Crippen molar-refractivity contribution in [3.8, 4) is 5.75 Å². The molecule has 2 unspecified atom stereocenters. The van der Waals surface area contributed by atoms with Crippen molar-refractivity contribution in [1.82, 2.24) is 10.6 Å². The molecule has 5 nitrogen and oxygen atoms in total. The number of hydrogen-bond acceptors (Lipinski definition) is 4. The molecule has 3 N–H and O–H groups in total. The molecule has 0 aliphatic carbocycles. The molecule has 1 saturated heterocycles. The second kappa shape index (κ2) is 8.37. The number of benzene rings is 1. The molecule has 1 fully saturated rings. The number of nitrogens with one attached hydrogen (secondary N) is 2. The topological polar surface area (TPSA) is 70.6 Å². The average molecular weight is 355 g/mol. The number of β-amino-alcohol motifs (C(OH)–C–C–N with tert-alkyl or cyclic N) is 1. The number of aliphatic hydroxyl groups excluding tert-OH is 1. The van der Waals surface area contributed by atoms with Gasteiger partial charge >= 0.3 is 6.18 Å². The molecule has 0 saturated carbocycles. The Bertz CT molecular complexity index is 511. The van der Waals surface area contributed by atoms with E-state index in [-0.39, 0.29) is 36.6 Å². The Kier molecular flexibility index (Phi) is 7.11. The van der Waals surface area contributed by atoms with Crippen LogP contribution in [0, 0.1) is 5.92 Å². The summed E-state index contributed by atoms with van der Waals surface area (Å²) in [5.74, 6) is -0.250. The Balaban J connectivity index is 0.00000264. The number of carbonyl (C=O) groups is 1. The van der Waals surface area contributed by atoms with Crippen molar-refractivity contribution in [2.24, 2.45) is 5.92 Å². The number of hydrogen-bond donors (Lipinski definition) is 3. The maximum Gasteiger partial charge on any atom is 0.416 e. The minimum Gasteiger partial charge on any atom is -0.484 e. The van der Waals surface area contributed by atoms with Crippen molar-refractivity contribution in [3.63, 3.8) is 0 Å². The molecule has 0 bridgehead atoms. The zero-order valence-electron chi connectivity index (χ0n) is 12.1. The summed E-state index contributed by atoms with van der Waals surface area (Å²) < 4.78 is 42.3. The van der Waals surface area contributed by atoms with Gasteiger partial charge < -0.3 is 20.5 Å². The van der Waals surface area contributed by atoms with Crippen LogP contribution < -0.4 is 15.4 Å². The average Bonchev–Trinajstić information content (AvgIpc) is 2.88. The first kappa shape index (κ1) is 19.5. The summed E-state index contributed by atoms with van der Waals surface area (Å²) in [6, 6.07) is 4.13. The molecule has 1 aromatic carbocycles. The molecule has 2 atom stereocenters. The van der Waals surface area contributed by atoms with Gasteiger partial charge in [0.15, 0.2) is 6.61 Å². The largest absolute Gasteiger partial charge is 0.484 e. The minimum absolute atomic E-state index is 0. The lowest BCUT2D eigenvalue weighted by Gasteiger charge is -2.14. The molecule has 1 aliphatic heterocycles. The van der Waals surface area contributed by atoms with Crippen LogP contribution in [0.3, 0.4) is 0 Å². The first-order valence-electron chi connectivity index (χ1n) is 6.82. The van der Waals surface area contributed by atoms with Gasteiger partial charge in [-0.3, -0.25) is 4.79 Å². The van der Waals surface area contributed by atoms with Gasteiger partial charge in [0.1, 0.15) is 5.75 Å². The van der Waals surface area contributed by atoms with Gasteiger partial charge in [-0.2, -0.15) is 13.2 Å². The van der Waals surface area contributed by atoms with Crippen molar-refractivity contribution >= 4 is 18.3 Å². The minimum atomic E-state index is -4.40. The van der Waals surface area contributed by atoms with E-state index in [1.807, 2.05) is 0 Å². The van der Waals surface area contributed by atoms with Crippen LogP contribution >= 0.6 is 12.4 Å². The smallest absolute Gasteiger partial charge is 0.416 e.